The molecule has 0 aliphatic carbocycles. The van der Waals surface area contributed by atoms with Crippen LogP contribution >= 0.6 is 0 Å². The fourth-order valence-electron chi connectivity index (χ4n) is 2.04. The Kier molecular flexibility index (Phi) is 4.17. The van der Waals surface area contributed by atoms with E-state index in [4.69, 9.17) is 0 Å². The van der Waals surface area contributed by atoms with E-state index in [1.807, 2.05) is 6.20 Å². The largest absolute Gasteiger partial charge is 0.348 e. The number of hydrogen-bond donors (Lipinski definition) is 3. The van der Waals surface area contributed by atoms with E-state index >= 15 is 0 Å². The topological polar surface area (TPSA) is 52.7 Å². The van der Waals surface area contributed by atoms with Crippen molar-refractivity contribution in [2.75, 3.05) is 26.2 Å². The molecule has 1 aliphatic rings. The first kappa shape index (κ1) is 10.6. The van der Waals surface area contributed by atoms with Crippen LogP contribution in [-0.2, 0) is 6.42 Å². The Morgan fingerprint density at radius 1 is 1.40 bits per heavy atom. The lowest BCUT2D eigenvalue weighted by molar-refractivity contribution is 0.357. The van der Waals surface area contributed by atoms with Crippen LogP contribution < -0.4 is 10.6 Å². The molecule has 1 saturated heterocycles. The highest BCUT2D eigenvalue weighted by atomic mass is 14.9. The van der Waals surface area contributed by atoms with Gasteiger partial charge in [0.25, 0.3) is 0 Å². The Bertz CT molecular complexity index is 252. The maximum Gasteiger partial charge on any atom is 0.0921 e. The van der Waals surface area contributed by atoms with Gasteiger partial charge in [-0.05, 0) is 38.4 Å². The number of nitrogens with zero attached hydrogens (tertiary/aromatic N) is 1. The molecule has 1 aliphatic heterocycles. The van der Waals surface area contributed by atoms with Gasteiger partial charge < -0.3 is 15.6 Å². The zero-order valence-corrected chi connectivity index (χ0v) is 9.13. The normalized spacial score (nSPS) is 18.1. The maximum absolute atomic E-state index is 4.00. The second-order valence-corrected chi connectivity index (χ2v) is 4.22. The quantitative estimate of drug-likeness (QED) is 0.619. The van der Waals surface area contributed by atoms with Gasteiger partial charge in [0.15, 0.2) is 0 Å². The van der Waals surface area contributed by atoms with Crippen LogP contribution in [0.1, 0.15) is 18.5 Å². The van der Waals surface area contributed by atoms with Gasteiger partial charge >= 0.3 is 0 Å². The maximum atomic E-state index is 4.00. The van der Waals surface area contributed by atoms with Gasteiger partial charge in [0.2, 0.25) is 0 Å². The third-order valence-electron chi connectivity index (χ3n) is 3.02. The molecule has 15 heavy (non-hydrogen) atoms. The van der Waals surface area contributed by atoms with Crippen LogP contribution in [-0.4, -0.2) is 36.1 Å². The van der Waals surface area contributed by atoms with E-state index in [1.54, 1.807) is 6.33 Å². The molecule has 4 heteroatoms. The van der Waals surface area contributed by atoms with Crippen LogP contribution in [0.2, 0.25) is 0 Å². The molecule has 0 amide bonds. The monoisotopic (exact) mass is 208 g/mol. The Morgan fingerprint density at radius 3 is 3.00 bits per heavy atom. The van der Waals surface area contributed by atoms with E-state index in [1.165, 1.54) is 31.6 Å². The van der Waals surface area contributed by atoms with Crippen LogP contribution in [0.3, 0.4) is 0 Å². The third-order valence-corrected chi connectivity index (χ3v) is 3.02. The fourth-order valence-corrected chi connectivity index (χ4v) is 2.04. The Balaban J connectivity index is 1.54. The van der Waals surface area contributed by atoms with E-state index in [-0.39, 0.29) is 0 Å². The number of H-pyrrole nitrogens is 1. The summed E-state index contributed by atoms with van der Waals surface area (Å²) in [6.45, 7) is 4.59. The standard InChI is InChI=1S/C11H20N4/c1-4-12-5-2-10(1)7-13-6-3-11-8-14-9-15-11/h8-10,12-13H,1-7H2,(H,14,15). The van der Waals surface area contributed by atoms with Gasteiger partial charge in [-0.25, -0.2) is 4.98 Å². The number of nitrogens with one attached hydrogen (secondary N) is 3. The first-order valence-electron chi connectivity index (χ1n) is 5.84. The molecule has 2 rings (SSSR count). The van der Waals surface area contributed by atoms with Crippen molar-refractivity contribution in [3.05, 3.63) is 18.2 Å². The molecular formula is C11H20N4. The number of rotatable bonds is 5. The molecule has 0 bridgehead atoms. The third kappa shape index (κ3) is 3.64. The summed E-state index contributed by atoms with van der Waals surface area (Å²) in [5.74, 6) is 0.869. The summed E-state index contributed by atoms with van der Waals surface area (Å²) in [4.78, 5) is 7.11. The summed E-state index contributed by atoms with van der Waals surface area (Å²) in [5, 5.41) is 6.90. The van der Waals surface area contributed by atoms with Crippen LogP contribution in [0.15, 0.2) is 12.5 Å². The summed E-state index contributed by atoms with van der Waals surface area (Å²) < 4.78 is 0. The summed E-state index contributed by atoms with van der Waals surface area (Å²) >= 11 is 0. The van der Waals surface area contributed by atoms with Crippen molar-refractivity contribution in [2.45, 2.75) is 19.3 Å². The first-order valence-corrected chi connectivity index (χ1v) is 5.84. The van der Waals surface area contributed by atoms with Crippen LogP contribution in [0.25, 0.3) is 0 Å². The van der Waals surface area contributed by atoms with Crippen molar-refractivity contribution in [3.63, 3.8) is 0 Å². The lowest BCUT2D eigenvalue weighted by atomic mass is 9.98. The number of hydrogen-bond acceptors (Lipinski definition) is 3. The molecule has 1 aromatic heterocycles. The van der Waals surface area contributed by atoms with E-state index in [9.17, 15) is 0 Å². The van der Waals surface area contributed by atoms with Crippen LogP contribution in [0.5, 0.6) is 0 Å². The fraction of sp³-hybridized carbons (Fsp3) is 0.727. The van der Waals surface area contributed by atoms with Crippen molar-refractivity contribution in [1.82, 2.24) is 20.6 Å². The molecule has 3 N–H and O–H groups in total. The molecule has 0 saturated carbocycles. The number of piperidine rings is 1. The molecule has 2 heterocycles. The molecule has 0 aromatic carbocycles. The minimum Gasteiger partial charge on any atom is -0.348 e. The molecule has 0 spiro atoms. The van der Waals surface area contributed by atoms with Gasteiger partial charge in [0.1, 0.15) is 0 Å². The zero-order valence-electron chi connectivity index (χ0n) is 9.13. The van der Waals surface area contributed by atoms with E-state index < -0.39 is 0 Å². The van der Waals surface area contributed by atoms with E-state index in [0.717, 1.165) is 25.4 Å². The lowest BCUT2D eigenvalue weighted by Crippen LogP contribution is -2.34. The summed E-state index contributed by atoms with van der Waals surface area (Å²) in [6.07, 6.45) is 7.31. The minimum absolute atomic E-state index is 0.869. The second kappa shape index (κ2) is 5.88. The van der Waals surface area contributed by atoms with Gasteiger partial charge in [-0.1, -0.05) is 0 Å². The second-order valence-electron chi connectivity index (χ2n) is 4.22. The minimum atomic E-state index is 0.869. The molecule has 0 atom stereocenters. The molecule has 0 unspecified atom stereocenters. The summed E-state index contributed by atoms with van der Waals surface area (Å²) in [7, 11) is 0. The highest BCUT2D eigenvalue weighted by Gasteiger charge is 2.11. The lowest BCUT2D eigenvalue weighted by Gasteiger charge is -2.22. The van der Waals surface area contributed by atoms with E-state index in [0.29, 0.717) is 0 Å². The van der Waals surface area contributed by atoms with Gasteiger partial charge in [-0.15, -0.1) is 0 Å². The zero-order chi connectivity index (χ0) is 10.3. The molecule has 1 aromatic rings. The van der Waals surface area contributed by atoms with Gasteiger partial charge in [-0.3, -0.25) is 0 Å². The highest BCUT2D eigenvalue weighted by molar-refractivity contribution is 4.94. The predicted molar refractivity (Wildman–Crippen MR) is 60.8 cm³/mol. The SMILES string of the molecule is c1ncc(CCNCC2CCNCC2)[nH]1. The van der Waals surface area contributed by atoms with Gasteiger partial charge in [0.05, 0.1) is 6.33 Å². The van der Waals surface area contributed by atoms with Crippen molar-refractivity contribution in [3.8, 4) is 0 Å². The van der Waals surface area contributed by atoms with Crippen LogP contribution in [0.4, 0.5) is 0 Å². The molecule has 4 nitrogen and oxygen atoms in total. The van der Waals surface area contributed by atoms with Crippen LogP contribution in [0, 0.1) is 5.92 Å². The molecule has 84 valence electrons. The molecule has 0 radical (unpaired) electrons. The Morgan fingerprint density at radius 2 is 2.27 bits per heavy atom. The average molecular weight is 208 g/mol. The van der Waals surface area contributed by atoms with Crippen molar-refractivity contribution < 1.29 is 0 Å². The van der Waals surface area contributed by atoms with Crippen molar-refractivity contribution >= 4 is 0 Å². The van der Waals surface area contributed by atoms with E-state index in [2.05, 4.69) is 20.6 Å². The van der Waals surface area contributed by atoms with Crippen molar-refractivity contribution in [1.29, 1.82) is 0 Å². The average Bonchev–Trinajstić information content (AvgIpc) is 2.79. The number of aromatic nitrogens is 2. The summed E-state index contributed by atoms with van der Waals surface area (Å²) in [5.41, 5.74) is 1.22. The molecule has 1 fully saturated rings. The Hall–Kier alpha value is -0.870. The van der Waals surface area contributed by atoms with Crippen molar-refractivity contribution in [2.24, 2.45) is 5.92 Å². The number of imidazole rings is 1. The Labute approximate surface area is 90.9 Å². The molecular weight excluding hydrogens is 188 g/mol. The van der Waals surface area contributed by atoms with Gasteiger partial charge in [0, 0.05) is 24.9 Å². The first-order chi connectivity index (χ1) is 7.45. The predicted octanol–water partition coefficient (Wildman–Crippen LogP) is 0.541. The highest BCUT2D eigenvalue weighted by Crippen LogP contribution is 2.09. The smallest absolute Gasteiger partial charge is 0.0921 e. The number of aromatic amines is 1. The summed E-state index contributed by atoms with van der Waals surface area (Å²) in [6, 6.07) is 0. The van der Waals surface area contributed by atoms with Gasteiger partial charge in [-0.2, -0.15) is 0 Å².